The van der Waals surface area contributed by atoms with Crippen LogP contribution < -0.4 is 5.32 Å². The number of nitrogens with one attached hydrogen (secondary N) is 1. The van der Waals surface area contributed by atoms with Gasteiger partial charge in [0.1, 0.15) is 6.04 Å². The first-order chi connectivity index (χ1) is 8.88. The van der Waals surface area contributed by atoms with Gasteiger partial charge < -0.3 is 10.4 Å². The minimum absolute atomic E-state index is 0.0859. The van der Waals surface area contributed by atoms with Gasteiger partial charge in [-0.3, -0.25) is 4.79 Å². The third-order valence-corrected chi connectivity index (χ3v) is 2.99. The molecule has 7 heteroatoms. The van der Waals surface area contributed by atoms with Crippen molar-refractivity contribution < 1.29 is 14.7 Å². The van der Waals surface area contributed by atoms with E-state index in [1.165, 1.54) is 4.68 Å². The Morgan fingerprint density at radius 2 is 2.05 bits per heavy atom. The molecule has 0 fully saturated rings. The van der Waals surface area contributed by atoms with Crippen LogP contribution in [-0.4, -0.2) is 38.0 Å². The average molecular weight is 268 g/mol. The first-order valence-electron chi connectivity index (χ1n) is 6.33. The van der Waals surface area contributed by atoms with Crippen molar-refractivity contribution >= 4 is 11.9 Å². The van der Waals surface area contributed by atoms with Gasteiger partial charge in [-0.05, 0) is 27.2 Å². The van der Waals surface area contributed by atoms with Crippen molar-refractivity contribution in [1.82, 2.24) is 20.3 Å². The predicted molar refractivity (Wildman–Crippen MR) is 68.9 cm³/mol. The van der Waals surface area contributed by atoms with Crippen LogP contribution in [0.2, 0.25) is 0 Å². The monoisotopic (exact) mass is 268 g/mol. The van der Waals surface area contributed by atoms with Crippen LogP contribution in [0.3, 0.4) is 0 Å². The number of aromatic carboxylic acids is 1. The molecule has 1 amide bonds. The van der Waals surface area contributed by atoms with Crippen LogP contribution in [0.4, 0.5) is 0 Å². The van der Waals surface area contributed by atoms with Gasteiger partial charge in [-0.15, -0.1) is 5.10 Å². The molecule has 2 unspecified atom stereocenters. The van der Waals surface area contributed by atoms with Gasteiger partial charge in [0.25, 0.3) is 0 Å². The Labute approximate surface area is 112 Å². The van der Waals surface area contributed by atoms with Gasteiger partial charge in [-0.2, -0.15) is 0 Å². The van der Waals surface area contributed by atoms with E-state index in [1.54, 1.807) is 13.8 Å². The van der Waals surface area contributed by atoms with Gasteiger partial charge in [0.2, 0.25) is 5.91 Å². The number of carboxylic acid groups (broad SMARTS) is 1. The maximum atomic E-state index is 12.0. The maximum Gasteiger partial charge on any atom is 0.358 e. The molecule has 19 heavy (non-hydrogen) atoms. The molecule has 0 saturated carbocycles. The molecule has 1 rings (SSSR count). The molecule has 0 aliphatic rings. The molecule has 0 bridgehead atoms. The second kappa shape index (κ2) is 6.31. The van der Waals surface area contributed by atoms with E-state index >= 15 is 0 Å². The van der Waals surface area contributed by atoms with E-state index in [2.05, 4.69) is 15.6 Å². The normalized spacial score (nSPS) is 13.9. The highest BCUT2D eigenvalue weighted by Gasteiger charge is 2.23. The molecule has 0 aliphatic heterocycles. The van der Waals surface area contributed by atoms with Crippen LogP contribution in [0, 0.1) is 6.92 Å². The summed E-state index contributed by atoms with van der Waals surface area (Å²) in [4.78, 5) is 22.9. The maximum absolute atomic E-state index is 12.0. The van der Waals surface area contributed by atoms with E-state index < -0.39 is 12.0 Å². The molecule has 1 heterocycles. The van der Waals surface area contributed by atoms with Crippen molar-refractivity contribution in [2.24, 2.45) is 0 Å². The molecule has 1 aromatic heterocycles. The predicted octanol–water partition coefficient (Wildman–Crippen LogP) is 1.15. The molecule has 1 aromatic rings. The molecule has 0 spiro atoms. The van der Waals surface area contributed by atoms with E-state index in [4.69, 9.17) is 5.11 Å². The minimum atomic E-state index is -1.14. The Hall–Kier alpha value is -1.92. The highest BCUT2D eigenvalue weighted by atomic mass is 16.4. The smallest absolute Gasteiger partial charge is 0.358 e. The third-order valence-electron chi connectivity index (χ3n) is 2.99. The fraction of sp³-hybridized carbons (Fsp3) is 0.667. The van der Waals surface area contributed by atoms with Crippen LogP contribution in [0.1, 0.15) is 55.8 Å². The average Bonchev–Trinajstić information content (AvgIpc) is 2.70. The summed E-state index contributed by atoms with van der Waals surface area (Å²) >= 11 is 0. The Bertz CT molecular complexity index is 470. The Morgan fingerprint density at radius 1 is 1.42 bits per heavy atom. The number of carboxylic acids is 1. The van der Waals surface area contributed by atoms with Gasteiger partial charge >= 0.3 is 5.97 Å². The quantitative estimate of drug-likeness (QED) is 0.806. The van der Waals surface area contributed by atoms with Crippen molar-refractivity contribution in [1.29, 1.82) is 0 Å². The fourth-order valence-electron chi connectivity index (χ4n) is 1.89. The number of aromatic nitrogens is 3. The van der Waals surface area contributed by atoms with E-state index in [1.807, 2.05) is 13.8 Å². The number of carbonyl (C=O) groups excluding carboxylic acids is 1. The zero-order valence-electron chi connectivity index (χ0n) is 11.7. The van der Waals surface area contributed by atoms with E-state index in [0.29, 0.717) is 5.69 Å². The minimum Gasteiger partial charge on any atom is -0.476 e. The number of rotatable bonds is 6. The van der Waals surface area contributed by atoms with E-state index in [0.717, 1.165) is 12.8 Å². The second-order valence-electron chi connectivity index (χ2n) is 4.65. The van der Waals surface area contributed by atoms with Crippen molar-refractivity contribution in [3.05, 3.63) is 11.4 Å². The lowest BCUT2D eigenvalue weighted by Crippen LogP contribution is -2.37. The third kappa shape index (κ3) is 3.52. The number of carbonyl (C=O) groups is 2. The summed E-state index contributed by atoms with van der Waals surface area (Å²) in [5.41, 5.74) is 0.250. The van der Waals surface area contributed by atoms with Gasteiger partial charge in [0.05, 0.1) is 5.69 Å². The lowest BCUT2D eigenvalue weighted by molar-refractivity contribution is -0.124. The lowest BCUT2D eigenvalue weighted by Gasteiger charge is -2.17. The van der Waals surface area contributed by atoms with Crippen LogP contribution in [-0.2, 0) is 4.79 Å². The van der Waals surface area contributed by atoms with Crippen LogP contribution in [0.25, 0.3) is 0 Å². The Kier molecular flexibility index (Phi) is 5.02. The zero-order valence-corrected chi connectivity index (χ0v) is 11.7. The Balaban J connectivity index is 2.80. The summed E-state index contributed by atoms with van der Waals surface area (Å²) in [5, 5.41) is 19.1. The molecular weight excluding hydrogens is 248 g/mol. The second-order valence-corrected chi connectivity index (χ2v) is 4.65. The largest absolute Gasteiger partial charge is 0.476 e. The number of nitrogens with zero attached hydrogens (tertiary/aromatic N) is 3. The molecule has 7 nitrogen and oxygen atoms in total. The topological polar surface area (TPSA) is 97.1 Å². The van der Waals surface area contributed by atoms with Crippen LogP contribution in [0.15, 0.2) is 0 Å². The van der Waals surface area contributed by atoms with Crippen molar-refractivity contribution in [3.63, 3.8) is 0 Å². The van der Waals surface area contributed by atoms with Crippen molar-refractivity contribution in [2.75, 3.05) is 0 Å². The summed E-state index contributed by atoms with van der Waals surface area (Å²) in [5.74, 6) is -1.33. The molecular formula is C12H20N4O3. The molecule has 0 radical (unpaired) electrons. The molecule has 0 saturated heterocycles. The SMILES string of the molecule is CCCC(C)NC(=O)C(C)n1nnc(C(=O)O)c1C. The number of hydrogen-bond acceptors (Lipinski definition) is 4. The van der Waals surface area contributed by atoms with Gasteiger partial charge in [0, 0.05) is 6.04 Å². The number of amides is 1. The summed E-state index contributed by atoms with van der Waals surface area (Å²) in [6.45, 7) is 7.24. The lowest BCUT2D eigenvalue weighted by atomic mass is 10.2. The first-order valence-corrected chi connectivity index (χ1v) is 6.33. The zero-order chi connectivity index (χ0) is 14.6. The highest BCUT2D eigenvalue weighted by Crippen LogP contribution is 2.12. The highest BCUT2D eigenvalue weighted by molar-refractivity contribution is 5.86. The molecule has 106 valence electrons. The fourth-order valence-corrected chi connectivity index (χ4v) is 1.89. The van der Waals surface area contributed by atoms with Crippen LogP contribution >= 0.6 is 0 Å². The van der Waals surface area contributed by atoms with Gasteiger partial charge in [-0.25, -0.2) is 9.48 Å². The summed E-state index contributed by atoms with van der Waals surface area (Å²) in [6, 6.07) is -0.498. The molecule has 0 aliphatic carbocycles. The molecule has 2 atom stereocenters. The summed E-state index contributed by atoms with van der Waals surface area (Å²) in [7, 11) is 0. The van der Waals surface area contributed by atoms with Crippen molar-refractivity contribution in [2.45, 2.75) is 52.6 Å². The standard InChI is InChI=1S/C12H20N4O3/c1-5-6-7(2)13-11(17)9(4)16-8(3)10(12(18)19)14-15-16/h7,9H,5-6H2,1-4H3,(H,13,17)(H,18,19). The van der Waals surface area contributed by atoms with E-state index in [9.17, 15) is 9.59 Å². The van der Waals surface area contributed by atoms with Gasteiger partial charge in [0.15, 0.2) is 5.69 Å². The first kappa shape index (κ1) is 15.1. The summed E-state index contributed by atoms with van der Waals surface area (Å²) < 4.78 is 1.33. The van der Waals surface area contributed by atoms with Crippen LogP contribution in [0.5, 0.6) is 0 Å². The summed E-state index contributed by atoms with van der Waals surface area (Å²) in [6.07, 6.45) is 1.89. The molecule has 2 N–H and O–H groups in total. The van der Waals surface area contributed by atoms with Gasteiger partial charge in [-0.1, -0.05) is 18.6 Å². The van der Waals surface area contributed by atoms with E-state index in [-0.39, 0.29) is 17.6 Å². The number of hydrogen-bond donors (Lipinski definition) is 2. The molecule has 0 aromatic carbocycles. The van der Waals surface area contributed by atoms with Crippen molar-refractivity contribution in [3.8, 4) is 0 Å². The Morgan fingerprint density at radius 3 is 2.53 bits per heavy atom.